The third-order valence-corrected chi connectivity index (χ3v) is 4.20. The fourth-order valence-electron chi connectivity index (χ4n) is 1.27. The first kappa shape index (κ1) is 15.1. The summed E-state index contributed by atoms with van der Waals surface area (Å²) in [6.07, 6.45) is 0.395. The van der Waals surface area contributed by atoms with Crippen LogP contribution in [0.2, 0.25) is 0 Å². The summed E-state index contributed by atoms with van der Waals surface area (Å²) >= 11 is 0. The van der Waals surface area contributed by atoms with Crippen molar-refractivity contribution in [3.05, 3.63) is 29.6 Å². The second-order valence-electron chi connectivity index (χ2n) is 4.61. The molecule has 1 aromatic rings. The molecule has 0 aromatic heterocycles. The van der Waals surface area contributed by atoms with Gasteiger partial charge in [0, 0.05) is 6.54 Å². The normalized spacial score (nSPS) is 15.4. The van der Waals surface area contributed by atoms with E-state index >= 15 is 0 Å². The lowest BCUT2D eigenvalue weighted by molar-refractivity contribution is 0.0613. The van der Waals surface area contributed by atoms with Gasteiger partial charge in [-0.2, -0.15) is 0 Å². The Kier molecular flexibility index (Phi) is 4.47. The van der Waals surface area contributed by atoms with Crippen LogP contribution in [0.15, 0.2) is 23.1 Å². The van der Waals surface area contributed by atoms with E-state index in [0.717, 1.165) is 6.07 Å². The van der Waals surface area contributed by atoms with E-state index in [2.05, 4.69) is 4.72 Å². The summed E-state index contributed by atoms with van der Waals surface area (Å²) in [6, 6.07) is 3.87. The quantitative estimate of drug-likeness (QED) is 0.857. The van der Waals surface area contributed by atoms with Gasteiger partial charge in [0.1, 0.15) is 10.7 Å². The summed E-state index contributed by atoms with van der Waals surface area (Å²) in [5.41, 5.74) is -0.494. The Balaban J connectivity index is 2.97. The summed E-state index contributed by atoms with van der Waals surface area (Å²) in [4.78, 5) is -0.394. The molecular weight excluding hydrogens is 257 g/mol. The molecule has 2 N–H and O–H groups in total. The Morgan fingerprint density at radius 3 is 2.61 bits per heavy atom. The van der Waals surface area contributed by atoms with E-state index in [1.807, 2.05) is 0 Å². The summed E-state index contributed by atoms with van der Waals surface area (Å²) in [7, 11) is -3.94. The van der Waals surface area contributed by atoms with Gasteiger partial charge in [-0.3, -0.25) is 0 Å². The number of sulfonamides is 1. The highest BCUT2D eigenvalue weighted by molar-refractivity contribution is 7.89. The fraction of sp³-hybridized carbons (Fsp3) is 0.500. The SMILES string of the molecule is CCC(C)(O)CNS(=O)(=O)c1cc(C)ccc1F. The van der Waals surface area contributed by atoms with Crippen LogP contribution in [0.4, 0.5) is 4.39 Å². The van der Waals surface area contributed by atoms with Crippen LogP contribution in [0.5, 0.6) is 0 Å². The number of aryl methyl sites for hydroxylation is 1. The molecular formula is C12H18FNO3S. The van der Waals surface area contributed by atoms with E-state index in [9.17, 15) is 17.9 Å². The van der Waals surface area contributed by atoms with Gasteiger partial charge < -0.3 is 5.11 Å². The number of nitrogens with one attached hydrogen (secondary N) is 1. The minimum Gasteiger partial charge on any atom is -0.389 e. The van der Waals surface area contributed by atoms with Gasteiger partial charge in [-0.25, -0.2) is 17.5 Å². The molecule has 1 atom stereocenters. The third-order valence-electron chi connectivity index (χ3n) is 2.78. The molecule has 0 fully saturated rings. The fourth-order valence-corrected chi connectivity index (χ4v) is 2.59. The Hall–Kier alpha value is -0.980. The molecule has 0 aliphatic carbocycles. The molecule has 0 spiro atoms. The van der Waals surface area contributed by atoms with E-state index in [-0.39, 0.29) is 6.54 Å². The Bertz CT molecular complexity index is 526. The molecule has 0 saturated carbocycles. The molecule has 0 heterocycles. The topological polar surface area (TPSA) is 66.4 Å². The number of aliphatic hydroxyl groups is 1. The lowest BCUT2D eigenvalue weighted by Crippen LogP contribution is -2.40. The summed E-state index contributed by atoms with van der Waals surface area (Å²) in [6.45, 7) is 4.78. The molecule has 6 heteroatoms. The molecule has 1 unspecified atom stereocenters. The number of hydrogen-bond donors (Lipinski definition) is 2. The van der Waals surface area contributed by atoms with Gasteiger partial charge in [0.2, 0.25) is 10.0 Å². The van der Waals surface area contributed by atoms with Crippen molar-refractivity contribution in [2.45, 2.75) is 37.7 Å². The van der Waals surface area contributed by atoms with Crippen molar-refractivity contribution in [3.63, 3.8) is 0 Å². The maximum absolute atomic E-state index is 13.5. The molecule has 0 amide bonds. The first-order valence-corrected chi connectivity index (χ1v) is 7.14. The van der Waals surface area contributed by atoms with Crippen LogP contribution in [0.25, 0.3) is 0 Å². The zero-order chi connectivity index (χ0) is 14.0. The van der Waals surface area contributed by atoms with Crippen molar-refractivity contribution in [1.82, 2.24) is 4.72 Å². The van der Waals surface area contributed by atoms with Crippen molar-refractivity contribution in [2.75, 3.05) is 6.54 Å². The van der Waals surface area contributed by atoms with Gasteiger partial charge in [0.15, 0.2) is 0 Å². The molecule has 1 aromatic carbocycles. The maximum Gasteiger partial charge on any atom is 0.243 e. The highest BCUT2D eigenvalue weighted by atomic mass is 32.2. The van der Waals surface area contributed by atoms with E-state index in [1.165, 1.54) is 19.1 Å². The standard InChI is InChI=1S/C12H18FNO3S/c1-4-12(3,15)8-14-18(16,17)11-7-9(2)5-6-10(11)13/h5-7,14-15H,4,8H2,1-3H3. The smallest absolute Gasteiger partial charge is 0.243 e. The van der Waals surface area contributed by atoms with Crippen molar-refractivity contribution in [3.8, 4) is 0 Å². The van der Waals surface area contributed by atoms with Crippen molar-refractivity contribution < 1.29 is 17.9 Å². The van der Waals surface area contributed by atoms with Gasteiger partial charge in [-0.1, -0.05) is 13.0 Å². The third kappa shape index (κ3) is 3.76. The monoisotopic (exact) mass is 275 g/mol. The Labute approximate surface area is 107 Å². The zero-order valence-corrected chi connectivity index (χ0v) is 11.5. The maximum atomic E-state index is 13.5. The van der Waals surface area contributed by atoms with Crippen LogP contribution in [0.1, 0.15) is 25.8 Å². The second kappa shape index (κ2) is 5.34. The number of hydrogen-bond acceptors (Lipinski definition) is 3. The lowest BCUT2D eigenvalue weighted by Gasteiger charge is -2.21. The van der Waals surface area contributed by atoms with Crippen LogP contribution in [0, 0.1) is 12.7 Å². The minimum absolute atomic E-state index is 0.154. The van der Waals surface area contributed by atoms with Crippen LogP contribution < -0.4 is 4.72 Å². The second-order valence-corrected chi connectivity index (χ2v) is 6.34. The largest absolute Gasteiger partial charge is 0.389 e. The van der Waals surface area contributed by atoms with Crippen molar-refractivity contribution in [2.24, 2.45) is 0 Å². The minimum atomic E-state index is -3.94. The molecule has 0 saturated heterocycles. The molecule has 0 radical (unpaired) electrons. The van der Waals surface area contributed by atoms with Gasteiger partial charge in [-0.05, 0) is 38.0 Å². The van der Waals surface area contributed by atoms with Crippen LogP contribution in [-0.4, -0.2) is 25.7 Å². The van der Waals surface area contributed by atoms with E-state index in [1.54, 1.807) is 13.8 Å². The van der Waals surface area contributed by atoms with E-state index in [0.29, 0.717) is 12.0 Å². The average Bonchev–Trinajstić information content (AvgIpc) is 2.30. The van der Waals surface area contributed by atoms with Crippen LogP contribution >= 0.6 is 0 Å². The Morgan fingerprint density at radius 1 is 1.44 bits per heavy atom. The first-order chi connectivity index (χ1) is 8.18. The number of halogens is 1. The highest BCUT2D eigenvalue weighted by Gasteiger charge is 2.24. The number of benzene rings is 1. The zero-order valence-electron chi connectivity index (χ0n) is 10.7. The predicted octanol–water partition coefficient (Wildman–Crippen LogP) is 1.57. The first-order valence-electron chi connectivity index (χ1n) is 5.66. The van der Waals surface area contributed by atoms with Crippen molar-refractivity contribution in [1.29, 1.82) is 0 Å². The van der Waals surface area contributed by atoms with Gasteiger partial charge >= 0.3 is 0 Å². The summed E-state index contributed by atoms with van der Waals surface area (Å²) < 4.78 is 39.5. The molecule has 0 bridgehead atoms. The van der Waals surface area contributed by atoms with Crippen molar-refractivity contribution >= 4 is 10.0 Å². The number of rotatable bonds is 5. The lowest BCUT2D eigenvalue weighted by atomic mass is 10.1. The molecule has 18 heavy (non-hydrogen) atoms. The molecule has 4 nitrogen and oxygen atoms in total. The van der Waals surface area contributed by atoms with Gasteiger partial charge in [-0.15, -0.1) is 0 Å². The Morgan fingerprint density at radius 2 is 2.06 bits per heavy atom. The van der Waals surface area contributed by atoms with Crippen LogP contribution in [-0.2, 0) is 10.0 Å². The van der Waals surface area contributed by atoms with Gasteiger partial charge in [0.25, 0.3) is 0 Å². The summed E-state index contributed by atoms with van der Waals surface area (Å²) in [5.74, 6) is -0.802. The van der Waals surface area contributed by atoms with Gasteiger partial charge in [0.05, 0.1) is 5.60 Å². The molecule has 102 valence electrons. The van der Waals surface area contributed by atoms with E-state index in [4.69, 9.17) is 0 Å². The predicted molar refractivity (Wildman–Crippen MR) is 67.2 cm³/mol. The molecule has 1 rings (SSSR count). The highest BCUT2D eigenvalue weighted by Crippen LogP contribution is 2.17. The van der Waals surface area contributed by atoms with Crippen LogP contribution in [0.3, 0.4) is 0 Å². The average molecular weight is 275 g/mol. The summed E-state index contributed by atoms with van der Waals surface area (Å²) in [5, 5.41) is 9.74. The van der Waals surface area contributed by atoms with E-state index < -0.39 is 26.3 Å². The molecule has 0 aliphatic heterocycles. The molecule has 0 aliphatic rings.